The summed E-state index contributed by atoms with van der Waals surface area (Å²) >= 11 is 0. The molecule has 0 unspecified atom stereocenters. The van der Waals surface area contributed by atoms with Crippen molar-refractivity contribution in [2.24, 2.45) is 0 Å². The number of nitrogens with zero attached hydrogens (tertiary/aromatic N) is 5. The van der Waals surface area contributed by atoms with Crippen LogP contribution in [0.25, 0.3) is 11.4 Å². The fourth-order valence-corrected chi connectivity index (χ4v) is 3.90. The van der Waals surface area contributed by atoms with Gasteiger partial charge in [-0.3, -0.25) is 5.10 Å². The molecule has 2 aromatic heterocycles. The molecule has 0 amide bonds. The van der Waals surface area contributed by atoms with Crippen molar-refractivity contribution in [1.82, 2.24) is 25.1 Å². The highest BCUT2D eigenvalue weighted by Crippen LogP contribution is 2.27. The van der Waals surface area contributed by atoms with E-state index in [0.717, 1.165) is 60.4 Å². The van der Waals surface area contributed by atoms with E-state index in [1.807, 2.05) is 61.5 Å². The monoisotopic (exact) mass is 457 g/mol. The molecule has 4 aromatic rings. The van der Waals surface area contributed by atoms with E-state index in [1.165, 1.54) is 0 Å². The SMILES string of the molecule is Cc1cc(Nc2cc(N3CCN(C)CC3)nc(-c3cccc(OCc4ccccc4)c3)n2)n[nH]1.[HH]. The van der Waals surface area contributed by atoms with Crippen molar-refractivity contribution in [3.63, 3.8) is 0 Å². The molecule has 2 N–H and O–H groups in total. The molecule has 1 fully saturated rings. The maximum Gasteiger partial charge on any atom is 0.164 e. The molecular weight excluding hydrogens is 426 g/mol. The van der Waals surface area contributed by atoms with Crippen LogP contribution in [0.1, 0.15) is 12.7 Å². The van der Waals surface area contributed by atoms with Gasteiger partial charge in [0.25, 0.3) is 0 Å². The van der Waals surface area contributed by atoms with Gasteiger partial charge in [-0.05, 0) is 31.7 Å². The van der Waals surface area contributed by atoms with E-state index in [-0.39, 0.29) is 1.43 Å². The maximum absolute atomic E-state index is 6.04. The summed E-state index contributed by atoms with van der Waals surface area (Å²) in [7, 11) is 2.15. The van der Waals surface area contributed by atoms with Gasteiger partial charge in [0.1, 0.15) is 24.0 Å². The first-order valence-corrected chi connectivity index (χ1v) is 11.5. The third-order valence-electron chi connectivity index (χ3n) is 5.84. The molecule has 0 radical (unpaired) electrons. The largest absolute Gasteiger partial charge is 0.489 e. The number of hydrogen-bond donors (Lipinski definition) is 2. The van der Waals surface area contributed by atoms with Crippen molar-refractivity contribution in [3.8, 4) is 17.1 Å². The highest BCUT2D eigenvalue weighted by atomic mass is 16.5. The van der Waals surface area contributed by atoms with Crippen molar-refractivity contribution in [2.45, 2.75) is 13.5 Å². The van der Waals surface area contributed by atoms with Crippen LogP contribution < -0.4 is 15.0 Å². The second-order valence-corrected chi connectivity index (χ2v) is 8.59. The Bertz CT molecular complexity index is 1240. The normalized spacial score (nSPS) is 14.2. The zero-order valence-electron chi connectivity index (χ0n) is 19.5. The molecule has 5 rings (SSSR count). The first kappa shape index (κ1) is 21.9. The van der Waals surface area contributed by atoms with Gasteiger partial charge in [0, 0.05) is 51.0 Å². The van der Waals surface area contributed by atoms with Crippen LogP contribution in [0.15, 0.2) is 66.7 Å². The lowest BCUT2D eigenvalue weighted by molar-refractivity contribution is 0.306. The Morgan fingerprint density at radius 3 is 2.53 bits per heavy atom. The van der Waals surface area contributed by atoms with Gasteiger partial charge in [-0.15, -0.1) is 0 Å². The Morgan fingerprint density at radius 2 is 1.76 bits per heavy atom. The van der Waals surface area contributed by atoms with Crippen LogP contribution in [-0.4, -0.2) is 58.3 Å². The highest BCUT2D eigenvalue weighted by molar-refractivity contribution is 5.65. The molecule has 8 heteroatoms. The van der Waals surface area contributed by atoms with Crippen molar-refractivity contribution < 1.29 is 6.16 Å². The molecule has 1 aliphatic heterocycles. The third-order valence-corrected chi connectivity index (χ3v) is 5.84. The van der Waals surface area contributed by atoms with E-state index < -0.39 is 0 Å². The number of rotatable bonds is 7. The summed E-state index contributed by atoms with van der Waals surface area (Å²) in [5.74, 6) is 3.78. The quantitative estimate of drug-likeness (QED) is 0.423. The molecule has 8 nitrogen and oxygen atoms in total. The number of benzene rings is 2. The summed E-state index contributed by atoms with van der Waals surface area (Å²) in [6, 6.07) is 22.0. The third kappa shape index (κ3) is 5.35. The zero-order chi connectivity index (χ0) is 23.3. The number of hydrogen-bond acceptors (Lipinski definition) is 7. The number of aromatic amines is 1. The fourth-order valence-electron chi connectivity index (χ4n) is 3.90. The van der Waals surface area contributed by atoms with E-state index in [9.17, 15) is 0 Å². The molecule has 176 valence electrons. The van der Waals surface area contributed by atoms with E-state index in [0.29, 0.717) is 18.2 Å². The molecule has 34 heavy (non-hydrogen) atoms. The Labute approximate surface area is 201 Å². The summed E-state index contributed by atoms with van der Waals surface area (Å²) in [4.78, 5) is 14.4. The smallest absolute Gasteiger partial charge is 0.164 e. The topological polar surface area (TPSA) is 82.2 Å². The Balaban J connectivity index is 0.00000289. The molecule has 0 spiro atoms. The molecule has 0 saturated carbocycles. The standard InChI is InChI=1S/C26H29N7O.H2/c1-19-15-24(31-30-19)27-23-17-25(33-13-11-32(2)12-14-33)29-26(28-23)21-9-6-10-22(16-21)34-18-20-7-4-3-5-8-20;/h3-10,15-17H,11-14,18H2,1-2H3,(H2,27,28,29,30,31);1H. The molecular formula is C26H31N7O. The minimum Gasteiger partial charge on any atom is -0.489 e. The van der Waals surface area contributed by atoms with Gasteiger partial charge in [0.15, 0.2) is 11.6 Å². The van der Waals surface area contributed by atoms with Crippen molar-refractivity contribution >= 4 is 17.5 Å². The van der Waals surface area contributed by atoms with Gasteiger partial charge in [-0.1, -0.05) is 42.5 Å². The second kappa shape index (κ2) is 9.93. The summed E-state index contributed by atoms with van der Waals surface area (Å²) in [6.45, 7) is 6.34. The van der Waals surface area contributed by atoms with E-state index in [2.05, 4.69) is 44.5 Å². The van der Waals surface area contributed by atoms with Crippen LogP contribution in [-0.2, 0) is 6.61 Å². The maximum atomic E-state index is 6.04. The number of nitrogens with one attached hydrogen (secondary N) is 2. The van der Waals surface area contributed by atoms with Crippen LogP contribution in [0.4, 0.5) is 17.5 Å². The Kier molecular flexibility index (Phi) is 6.40. The lowest BCUT2D eigenvalue weighted by atomic mass is 10.2. The molecule has 0 atom stereocenters. The second-order valence-electron chi connectivity index (χ2n) is 8.59. The van der Waals surface area contributed by atoms with Gasteiger partial charge >= 0.3 is 0 Å². The number of likely N-dealkylation sites (N-methyl/N-ethyl adjacent to an activating group) is 1. The van der Waals surface area contributed by atoms with Crippen molar-refractivity contribution in [3.05, 3.63) is 78.0 Å². The molecule has 0 bridgehead atoms. The Hall–Kier alpha value is -3.91. The summed E-state index contributed by atoms with van der Waals surface area (Å²) in [6.07, 6.45) is 0. The lowest BCUT2D eigenvalue weighted by Gasteiger charge is -2.33. The van der Waals surface area contributed by atoms with Crippen LogP contribution in [0.5, 0.6) is 5.75 Å². The minimum atomic E-state index is 0. The van der Waals surface area contributed by atoms with Crippen LogP contribution >= 0.6 is 0 Å². The first-order chi connectivity index (χ1) is 16.6. The van der Waals surface area contributed by atoms with Gasteiger partial charge in [0.2, 0.25) is 0 Å². The number of H-pyrrole nitrogens is 1. The number of anilines is 3. The summed E-state index contributed by atoms with van der Waals surface area (Å²) < 4.78 is 6.04. The molecule has 3 heterocycles. The molecule has 1 aliphatic rings. The van der Waals surface area contributed by atoms with Crippen LogP contribution in [0, 0.1) is 6.92 Å². The predicted molar refractivity (Wildman–Crippen MR) is 137 cm³/mol. The average Bonchev–Trinajstić information content (AvgIpc) is 3.28. The van der Waals surface area contributed by atoms with E-state index in [4.69, 9.17) is 14.7 Å². The zero-order valence-corrected chi connectivity index (χ0v) is 19.5. The molecule has 1 saturated heterocycles. The van der Waals surface area contributed by atoms with Crippen molar-refractivity contribution in [1.29, 1.82) is 0 Å². The molecule has 0 aliphatic carbocycles. The first-order valence-electron chi connectivity index (χ1n) is 11.5. The minimum absolute atomic E-state index is 0. The predicted octanol–water partition coefficient (Wildman–Crippen LogP) is 4.50. The van der Waals surface area contributed by atoms with Gasteiger partial charge < -0.3 is 19.9 Å². The molecule has 2 aromatic carbocycles. The van der Waals surface area contributed by atoms with Gasteiger partial charge in [0.05, 0.1) is 0 Å². The fraction of sp³-hybridized carbons (Fsp3) is 0.269. The number of ether oxygens (including phenoxy) is 1. The lowest BCUT2D eigenvalue weighted by Crippen LogP contribution is -2.44. The number of aryl methyl sites for hydroxylation is 1. The summed E-state index contributed by atoms with van der Waals surface area (Å²) in [5.41, 5.74) is 3.02. The van der Waals surface area contributed by atoms with Crippen molar-refractivity contribution in [2.75, 3.05) is 43.4 Å². The Morgan fingerprint density at radius 1 is 0.941 bits per heavy atom. The van der Waals surface area contributed by atoms with Crippen LogP contribution in [0.2, 0.25) is 0 Å². The van der Waals surface area contributed by atoms with Gasteiger partial charge in [-0.2, -0.15) is 5.10 Å². The van der Waals surface area contributed by atoms with Crippen LogP contribution in [0.3, 0.4) is 0 Å². The van der Waals surface area contributed by atoms with E-state index in [1.54, 1.807) is 0 Å². The number of aromatic nitrogens is 4. The summed E-state index contributed by atoms with van der Waals surface area (Å²) in [5, 5.41) is 10.6. The number of piperazine rings is 1. The highest BCUT2D eigenvalue weighted by Gasteiger charge is 2.18. The average molecular weight is 458 g/mol. The van der Waals surface area contributed by atoms with E-state index >= 15 is 0 Å². The van der Waals surface area contributed by atoms with Gasteiger partial charge in [-0.25, -0.2) is 9.97 Å².